The summed E-state index contributed by atoms with van der Waals surface area (Å²) in [5, 5.41) is 57.1. The minimum absolute atomic E-state index is 0.0955. The van der Waals surface area contributed by atoms with Gasteiger partial charge in [-0.3, -0.25) is 4.79 Å². The van der Waals surface area contributed by atoms with E-state index in [9.17, 15) is 15.0 Å². The van der Waals surface area contributed by atoms with Crippen LogP contribution in [0.3, 0.4) is 0 Å². The molecule has 2 atom stereocenters. The van der Waals surface area contributed by atoms with Gasteiger partial charge in [-0.05, 0) is 48.2 Å². The molecule has 36 heavy (non-hydrogen) atoms. The Morgan fingerprint density at radius 2 is 0.944 bits per heavy atom. The van der Waals surface area contributed by atoms with E-state index >= 15 is 0 Å². The van der Waals surface area contributed by atoms with Gasteiger partial charge in [-0.1, -0.05) is 52.0 Å². The fraction of sp³-hybridized carbons (Fsp3) is 0.519. The van der Waals surface area contributed by atoms with Crippen molar-refractivity contribution in [3.63, 3.8) is 0 Å². The van der Waals surface area contributed by atoms with Crippen molar-refractivity contribution in [2.75, 3.05) is 13.2 Å². The first-order chi connectivity index (χ1) is 16.7. The van der Waals surface area contributed by atoms with Crippen molar-refractivity contribution in [1.29, 1.82) is 0 Å². The SMILES string of the molecule is CC(C)(CC(O)c1ccc(OCC(O)O)cc1)C(=O)C(C)(C)CC(O)c1ccc(OCC(O)O)cc1. The molecule has 0 saturated heterocycles. The molecule has 0 radical (unpaired) electrons. The van der Waals surface area contributed by atoms with Gasteiger partial charge < -0.3 is 40.1 Å². The number of rotatable bonds is 14. The van der Waals surface area contributed by atoms with E-state index in [-0.39, 0.29) is 31.8 Å². The molecule has 0 spiro atoms. The molecule has 0 saturated carbocycles. The predicted octanol–water partition coefficient (Wildman–Crippen LogP) is 2.23. The van der Waals surface area contributed by atoms with Gasteiger partial charge >= 0.3 is 0 Å². The molecule has 0 amide bonds. The van der Waals surface area contributed by atoms with Crippen LogP contribution in [0.2, 0.25) is 0 Å². The highest BCUT2D eigenvalue weighted by Gasteiger charge is 2.41. The molecular weight excluding hydrogens is 468 g/mol. The maximum Gasteiger partial charge on any atom is 0.186 e. The third-order valence-corrected chi connectivity index (χ3v) is 5.96. The van der Waals surface area contributed by atoms with E-state index in [0.29, 0.717) is 22.6 Å². The standard InChI is InChI=1S/C27H38O9/c1-26(2,13-21(28)17-5-9-19(10-6-17)35-15-23(30)31)25(34)27(3,4)14-22(29)18-7-11-20(12-8-18)36-16-24(32)33/h5-12,21-24,28-33H,13-16H2,1-4H3. The van der Waals surface area contributed by atoms with Gasteiger partial charge in [-0.25, -0.2) is 0 Å². The minimum Gasteiger partial charge on any atom is -0.488 e. The number of carbonyl (C=O) groups is 1. The molecule has 9 heteroatoms. The quantitative estimate of drug-likeness (QED) is 0.211. The second-order valence-electron chi connectivity index (χ2n) is 10.3. The highest BCUT2D eigenvalue weighted by Crippen LogP contribution is 2.41. The zero-order valence-corrected chi connectivity index (χ0v) is 21.2. The zero-order valence-electron chi connectivity index (χ0n) is 21.2. The van der Waals surface area contributed by atoms with Crippen LogP contribution in [0.15, 0.2) is 48.5 Å². The van der Waals surface area contributed by atoms with Crippen LogP contribution in [0.25, 0.3) is 0 Å². The molecule has 9 nitrogen and oxygen atoms in total. The van der Waals surface area contributed by atoms with E-state index in [1.807, 2.05) is 0 Å². The molecule has 2 aromatic carbocycles. The van der Waals surface area contributed by atoms with E-state index in [0.717, 1.165) is 0 Å². The van der Waals surface area contributed by atoms with Crippen LogP contribution < -0.4 is 9.47 Å². The van der Waals surface area contributed by atoms with Gasteiger partial charge in [0.25, 0.3) is 0 Å². The summed E-state index contributed by atoms with van der Waals surface area (Å²) in [5.74, 6) is 0.757. The van der Waals surface area contributed by atoms with Gasteiger partial charge in [0.05, 0.1) is 12.2 Å². The largest absolute Gasteiger partial charge is 0.488 e. The number of aliphatic hydroxyl groups excluding tert-OH is 4. The molecule has 0 aliphatic carbocycles. The first-order valence-corrected chi connectivity index (χ1v) is 11.8. The Hall–Kier alpha value is -2.53. The lowest BCUT2D eigenvalue weighted by atomic mass is 9.68. The van der Waals surface area contributed by atoms with Gasteiger partial charge in [0.2, 0.25) is 0 Å². The van der Waals surface area contributed by atoms with Crippen LogP contribution in [-0.2, 0) is 4.79 Å². The van der Waals surface area contributed by atoms with Crippen molar-refractivity contribution in [2.45, 2.75) is 65.3 Å². The fourth-order valence-electron chi connectivity index (χ4n) is 4.22. The number of hydrogen-bond donors (Lipinski definition) is 6. The summed E-state index contributed by atoms with van der Waals surface area (Å²) in [7, 11) is 0. The fourth-order valence-corrected chi connectivity index (χ4v) is 4.22. The van der Waals surface area contributed by atoms with E-state index in [4.69, 9.17) is 29.9 Å². The average molecular weight is 507 g/mol. The Bertz CT molecular complexity index is 873. The summed E-state index contributed by atoms with van der Waals surface area (Å²) >= 11 is 0. The molecule has 2 rings (SSSR count). The van der Waals surface area contributed by atoms with Gasteiger partial charge in [0.15, 0.2) is 12.6 Å². The van der Waals surface area contributed by atoms with Gasteiger partial charge in [-0.15, -0.1) is 0 Å². The Kier molecular flexibility index (Phi) is 10.4. The Morgan fingerprint density at radius 1 is 0.639 bits per heavy atom. The Labute approximate surface area is 211 Å². The molecule has 200 valence electrons. The molecule has 2 unspecified atom stereocenters. The summed E-state index contributed by atoms with van der Waals surface area (Å²) in [4.78, 5) is 13.5. The molecule has 0 fully saturated rings. The molecular formula is C27H38O9. The van der Waals surface area contributed by atoms with Crippen LogP contribution >= 0.6 is 0 Å². The Balaban J connectivity index is 2.00. The van der Waals surface area contributed by atoms with Crippen molar-refractivity contribution < 1.29 is 44.9 Å². The smallest absolute Gasteiger partial charge is 0.186 e. The van der Waals surface area contributed by atoms with Crippen molar-refractivity contribution in [3.8, 4) is 11.5 Å². The topological polar surface area (TPSA) is 157 Å². The van der Waals surface area contributed by atoms with Gasteiger partial charge in [0, 0.05) is 10.8 Å². The number of carbonyl (C=O) groups excluding carboxylic acids is 1. The molecule has 6 N–H and O–H groups in total. The Morgan fingerprint density at radius 3 is 1.22 bits per heavy atom. The minimum atomic E-state index is -1.58. The van der Waals surface area contributed by atoms with E-state index in [2.05, 4.69) is 0 Å². The monoisotopic (exact) mass is 506 g/mol. The summed E-state index contributed by atoms with van der Waals surface area (Å²) in [6.45, 7) is 6.55. The number of ether oxygens (including phenoxy) is 2. The average Bonchev–Trinajstić information content (AvgIpc) is 2.80. The summed E-state index contributed by atoms with van der Waals surface area (Å²) in [6.07, 6.45) is -4.64. The van der Waals surface area contributed by atoms with Crippen molar-refractivity contribution in [1.82, 2.24) is 0 Å². The van der Waals surface area contributed by atoms with E-state index in [1.165, 1.54) is 0 Å². The van der Waals surface area contributed by atoms with Gasteiger partial charge in [0.1, 0.15) is 30.5 Å². The van der Waals surface area contributed by atoms with Crippen molar-refractivity contribution in [2.24, 2.45) is 10.8 Å². The summed E-state index contributed by atoms with van der Waals surface area (Å²) in [5.41, 5.74) is -0.577. The molecule has 0 heterocycles. The zero-order chi connectivity index (χ0) is 27.1. The maximum atomic E-state index is 13.5. The van der Waals surface area contributed by atoms with Crippen LogP contribution in [-0.4, -0.2) is 62.2 Å². The molecule has 0 aliphatic heterocycles. The van der Waals surface area contributed by atoms with E-state index in [1.54, 1.807) is 76.2 Å². The lowest BCUT2D eigenvalue weighted by Crippen LogP contribution is -2.39. The predicted molar refractivity (Wildman–Crippen MR) is 132 cm³/mol. The van der Waals surface area contributed by atoms with Crippen LogP contribution in [0.4, 0.5) is 0 Å². The number of hydrogen-bond acceptors (Lipinski definition) is 9. The van der Waals surface area contributed by atoms with Crippen LogP contribution in [0.1, 0.15) is 63.9 Å². The first kappa shape index (κ1) is 29.7. The molecule has 0 aromatic heterocycles. The molecule has 0 bridgehead atoms. The lowest BCUT2D eigenvalue weighted by molar-refractivity contribution is -0.139. The molecule has 0 aliphatic rings. The maximum absolute atomic E-state index is 13.5. The third-order valence-electron chi connectivity index (χ3n) is 5.96. The first-order valence-electron chi connectivity index (χ1n) is 11.8. The number of aliphatic hydroxyl groups is 6. The van der Waals surface area contributed by atoms with Crippen molar-refractivity contribution >= 4 is 5.78 Å². The van der Waals surface area contributed by atoms with Crippen molar-refractivity contribution in [3.05, 3.63) is 59.7 Å². The third kappa shape index (κ3) is 8.85. The molecule has 2 aromatic rings. The van der Waals surface area contributed by atoms with E-state index < -0.39 is 35.6 Å². The van der Waals surface area contributed by atoms with Gasteiger partial charge in [-0.2, -0.15) is 0 Å². The number of benzene rings is 2. The van der Waals surface area contributed by atoms with Crippen LogP contribution in [0.5, 0.6) is 11.5 Å². The summed E-state index contributed by atoms with van der Waals surface area (Å²) < 4.78 is 10.4. The second kappa shape index (κ2) is 12.6. The number of ketones is 1. The number of Topliss-reactive ketones (excluding diaryl/α,β-unsaturated/α-hetero) is 1. The van der Waals surface area contributed by atoms with Crippen LogP contribution in [0, 0.1) is 10.8 Å². The second-order valence-corrected chi connectivity index (χ2v) is 10.3. The normalized spacial score (nSPS) is 14.1. The summed E-state index contributed by atoms with van der Waals surface area (Å²) in [6, 6.07) is 13.1. The lowest BCUT2D eigenvalue weighted by Gasteiger charge is -2.36. The highest BCUT2D eigenvalue weighted by molar-refractivity contribution is 5.89. The highest BCUT2D eigenvalue weighted by atomic mass is 16.5.